The minimum absolute atomic E-state index is 0.0298. The summed E-state index contributed by atoms with van der Waals surface area (Å²) in [5, 5.41) is 15.3. The van der Waals surface area contributed by atoms with Gasteiger partial charge in [0, 0.05) is 76.3 Å². The number of nitrogens with one attached hydrogen (secondary N) is 2. The Morgan fingerprint density at radius 2 is 1.77 bits per heavy atom. The molecule has 4 N–H and O–H groups in total. The predicted octanol–water partition coefficient (Wildman–Crippen LogP) is 3.33. The molecule has 1 aromatic heterocycles. The quantitative estimate of drug-likeness (QED) is 0.390. The van der Waals surface area contributed by atoms with Gasteiger partial charge in [0.2, 0.25) is 0 Å². The first-order chi connectivity index (χ1) is 21.4. The van der Waals surface area contributed by atoms with Gasteiger partial charge in [0.1, 0.15) is 17.1 Å². The van der Waals surface area contributed by atoms with Crippen molar-refractivity contribution in [2.45, 2.75) is 50.7 Å². The molecule has 0 bridgehead atoms. The Labute approximate surface area is 258 Å². The first-order valence-electron chi connectivity index (χ1n) is 15.7. The van der Waals surface area contributed by atoms with Crippen molar-refractivity contribution in [3.63, 3.8) is 0 Å². The van der Waals surface area contributed by atoms with E-state index in [-0.39, 0.29) is 23.6 Å². The van der Waals surface area contributed by atoms with Crippen molar-refractivity contribution in [3.8, 4) is 5.75 Å². The van der Waals surface area contributed by atoms with Crippen LogP contribution >= 0.6 is 0 Å². The van der Waals surface area contributed by atoms with E-state index >= 15 is 0 Å². The first-order valence-corrected chi connectivity index (χ1v) is 15.7. The van der Waals surface area contributed by atoms with E-state index < -0.39 is 5.91 Å². The normalized spacial score (nSPS) is 22.2. The molecule has 13 heteroatoms. The maximum Gasteiger partial charge on any atom is 0.271 e. The average molecular weight is 605 g/mol. The highest BCUT2D eigenvalue weighted by Gasteiger charge is 2.29. The Kier molecular flexibility index (Phi) is 9.24. The zero-order valence-electron chi connectivity index (χ0n) is 26.0. The molecule has 0 spiro atoms. The lowest BCUT2D eigenvalue weighted by Crippen LogP contribution is -2.52. The third-order valence-corrected chi connectivity index (χ3v) is 8.98. The average Bonchev–Trinajstić information content (AvgIpc) is 3.48. The Balaban J connectivity index is 1.22. The first kappa shape index (κ1) is 30.2. The van der Waals surface area contributed by atoms with E-state index in [2.05, 4.69) is 53.7 Å². The van der Waals surface area contributed by atoms with Gasteiger partial charge in [-0.3, -0.25) is 9.69 Å². The van der Waals surface area contributed by atoms with Crippen LogP contribution in [0, 0.1) is 0 Å². The van der Waals surface area contributed by atoms with Gasteiger partial charge < -0.3 is 35.6 Å². The molecule has 5 heterocycles. The molecular formula is C31H44N10O3. The van der Waals surface area contributed by atoms with E-state index in [1.165, 1.54) is 0 Å². The molecule has 4 aliphatic heterocycles. The van der Waals surface area contributed by atoms with Gasteiger partial charge in [0.05, 0.1) is 18.8 Å². The Morgan fingerprint density at radius 3 is 2.43 bits per heavy atom. The maximum absolute atomic E-state index is 12.6. The number of likely N-dealkylation sites (N-methyl/N-ethyl adjacent to an activating group) is 1. The summed E-state index contributed by atoms with van der Waals surface area (Å²) in [6, 6.07) is 6.68. The zero-order valence-corrected chi connectivity index (χ0v) is 26.0. The molecule has 13 nitrogen and oxygen atoms in total. The lowest BCUT2D eigenvalue weighted by molar-refractivity contribution is 0.0904. The number of hydrogen-bond acceptors (Lipinski definition) is 12. The van der Waals surface area contributed by atoms with E-state index in [4.69, 9.17) is 20.2 Å². The summed E-state index contributed by atoms with van der Waals surface area (Å²) in [6.45, 7) is 9.81. The van der Waals surface area contributed by atoms with Crippen molar-refractivity contribution in [1.29, 1.82) is 0 Å². The molecule has 1 amide bonds. The number of amides is 1. The molecule has 3 saturated heterocycles. The van der Waals surface area contributed by atoms with E-state index in [9.17, 15) is 4.79 Å². The van der Waals surface area contributed by atoms with Gasteiger partial charge in [-0.25, -0.2) is 9.97 Å². The second kappa shape index (κ2) is 13.4. The smallest absolute Gasteiger partial charge is 0.271 e. The number of carbonyl (C=O) groups excluding carboxylic acids is 1. The summed E-state index contributed by atoms with van der Waals surface area (Å²) < 4.78 is 11.4. The number of ether oxygens (including phenoxy) is 2. The third-order valence-electron chi connectivity index (χ3n) is 8.98. The van der Waals surface area contributed by atoms with Crippen molar-refractivity contribution in [3.05, 3.63) is 35.7 Å². The molecular weight excluding hydrogens is 560 g/mol. The van der Waals surface area contributed by atoms with E-state index in [1.807, 2.05) is 25.1 Å². The van der Waals surface area contributed by atoms with Crippen LogP contribution in [0.15, 0.2) is 34.5 Å². The summed E-state index contributed by atoms with van der Waals surface area (Å²) in [6.07, 6.45) is 5.84. The minimum atomic E-state index is -0.686. The number of anilines is 4. The van der Waals surface area contributed by atoms with Crippen LogP contribution < -0.4 is 26.0 Å². The number of piperidine rings is 1. The highest BCUT2D eigenvalue weighted by molar-refractivity contribution is 5.97. The molecule has 1 aromatic carbocycles. The molecule has 2 aromatic rings. The number of hydrogen-bond donors (Lipinski definition) is 3. The van der Waals surface area contributed by atoms with Gasteiger partial charge in [0.15, 0.2) is 17.3 Å². The summed E-state index contributed by atoms with van der Waals surface area (Å²) in [5.41, 5.74) is 8.64. The number of nitrogens with two attached hydrogens (primary N) is 1. The number of benzene rings is 1. The van der Waals surface area contributed by atoms with Crippen LogP contribution in [0.25, 0.3) is 5.70 Å². The van der Waals surface area contributed by atoms with Gasteiger partial charge in [-0.2, -0.15) is 10.2 Å². The van der Waals surface area contributed by atoms with E-state index in [1.54, 1.807) is 7.11 Å². The van der Waals surface area contributed by atoms with Gasteiger partial charge in [-0.1, -0.05) is 0 Å². The maximum atomic E-state index is 12.6. The number of azo groups is 1. The number of aromatic nitrogens is 2. The molecule has 0 saturated carbocycles. The van der Waals surface area contributed by atoms with Gasteiger partial charge in [-0.05, 0) is 57.9 Å². The van der Waals surface area contributed by atoms with Crippen molar-refractivity contribution in [1.82, 2.24) is 19.8 Å². The summed E-state index contributed by atoms with van der Waals surface area (Å²) in [4.78, 5) is 29.6. The standard InChI is InChI=1S/C31H44N10O3/c1-20-18-24(38-37-20)27-30(33-21-8-16-44-17-9-21)36-31(28(35-27)29(32)42)34-22-4-5-25(26(19-22)43-3)41-10-6-23(7-11-41)40-14-12-39(2)13-15-40/h4-5,18-21,23H,6-17H2,1-3H3,(H2,32,42)(H2,33,34,36). The fraction of sp³-hybridized carbons (Fsp3) is 0.581. The number of piperazine rings is 1. The number of carbonyl (C=O) groups is 1. The summed E-state index contributed by atoms with van der Waals surface area (Å²) >= 11 is 0. The van der Waals surface area contributed by atoms with Crippen molar-refractivity contribution in [2.24, 2.45) is 16.0 Å². The zero-order chi connectivity index (χ0) is 30.6. The van der Waals surface area contributed by atoms with Crippen LogP contribution in [0.2, 0.25) is 0 Å². The van der Waals surface area contributed by atoms with Crippen LogP contribution in [-0.4, -0.2) is 110 Å². The Hall–Kier alpha value is -3.81. The lowest BCUT2D eigenvalue weighted by Gasteiger charge is -2.42. The van der Waals surface area contributed by atoms with E-state index in [0.29, 0.717) is 42.2 Å². The molecule has 6 rings (SSSR count). The molecule has 4 aliphatic rings. The molecule has 0 radical (unpaired) electrons. The molecule has 44 heavy (non-hydrogen) atoms. The topological polar surface area (TPSA) is 146 Å². The van der Waals surface area contributed by atoms with Crippen molar-refractivity contribution in [2.75, 3.05) is 82.2 Å². The number of methoxy groups -OCH3 is 1. The Bertz CT molecular complexity index is 1390. The van der Waals surface area contributed by atoms with Crippen molar-refractivity contribution < 1.29 is 14.3 Å². The summed E-state index contributed by atoms with van der Waals surface area (Å²) in [5.74, 6) is 0.858. The molecule has 236 valence electrons. The van der Waals surface area contributed by atoms with E-state index in [0.717, 1.165) is 76.4 Å². The van der Waals surface area contributed by atoms with Crippen LogP contribution in [0.1, 0.15) is 48.8 Å². The number of primary amides is 1. The Morgan fingerprint density at radius 1 is 1.02 bits per heavy atom. The SMILES string of the molecule is COc1cc(Nc2nc(NC3CCOCC3)c(C3=CC(C)N=N3)nc2C(N)=O)ccc1N1CCC(N2CCN(C)CC2)CC1. The number of rotatable bonds is 9. The molecule has 1 unspecified atom stereocenters. The van der Waals surface area contributed by atoms with Gasteiger partial charge >= 0.3 is 0 Å². The predicted molar refractivity (Wildman–Crippen MR) is 171 cm³/mol. The largest absolute Gasteiger partial charge is 0.495 e. The number of nitrogens with zero attached hydrogens (tertiary/aromatic N) is 7. The van der Waals surface area contributed by atoms with Crippen molar-refractivity contribution >= 4 is 34.6 Å². The summed E-state index contributed by atoms with van der Waals surface area (Å²) in [7, 11) is 3.88. The second-order valence-electron chi connectivity index (χ2n) is 12.1. The minimum Gasteiger partial charge on any atom is -0.495 e. The molecule has 1 atom stereocenters. The van der Waals surface area contributed by atoms with Crippen LogP contribution in [0.4, 0.5) is 23.0 Å². The second-order valence-corrected chi connectivity index (χ2v) is 12.1. The van der Waals surface area contributed by atoms with Gasteiger partial charge in [-0.15, -0.1) is 0 Å². The molecule has 0 aliphatic carbocycles. The fourth-order valence-corrected chi connectivity index (χ4v) is 6.40. The van der Waals surface area contributed by atoms with Crippen LogP contribution in [0.3, 0.4) is 0 Å². The highest BCUT2D eigenvalue weighted by Crippen LogP contribution is 2.36. The fourth-order valence-electron chi connectivity index (χ4n) is 6.40. The monoisotopic (exact) mass is 604 g/mol. The van der Waals surface area contributed by atoms with Crippen LogP contribution in [-0.2, 0) is 4.74 Å². The lowest BCUT2D eigenvalue weighted by atomic mass is 10.0. The van der Waals surface area contributed by atoms with Gasteiger partial charge in [0.25, 0.3) is 5.91 Å². The van der Waals surface area contributed by atoms with Crippen LogP contribution in [0.5, 0.6) is 5.75 Å². The molecule has 3 fully saturated rings. The highest BCUT2D eigenvalue weighted by atomic mass is 16.5. The third kappa shape index (κ3) is 6.79.